The number of sulfone groups is 1. The van der Waals surface area contributed by atoms with Crippen LogP contribution in [0.2, 0.25) is 0 Å². The van der Waals surface area contributed by atoms with Gasteiger partial charge in [0, 0.05) is 5.56 Å². The molecule has 0 fully saturated rings. The Labute approximate surface area is 162 Å². The minimum absolute atomic E-state index is 0.111. The number of nitrogens with one attached hydrogen (secondary N) is 1. The van der Waals surface area contributed by atoms with Crippen LogP contribution < -0.4 is 11.1 Å². The van der Waals surface area contributed by atoms with Crippen molar-refractivity contribution in [3.05, 3.63) is 65.7 Å². The van der Waals surface area contributed by atoms with Crippen LogP contribution in [-0.4, -0.2) is 45.1 Å². The first-order valence-electron chi connectivity index (χ1n) is 8.31. The Morgan fingerprint density at radius 2 is 1.68 bits per heavy atom. The number of carbonyl (C=O) groups excluding carboxylic acids is 3. The molecule has 0 bridgehead atoms. The lowest BCUT2D eigenvalue weighted by atomic mass is 10.1. The van der Waals surface area contributed by atoms with Crippen LogP contribution in [0, 0.1) is 0 Å². The van der Waals surface area contributed by atoms with Crippen LogP contribution >= 0.6 is 0 Å². The maximum atomic E-state index is 12.4. The Morgan fingerprint density at radius 1 is 1.04 bits per heavy atom. The monoisotopic (exact) mass is 404 g/mol. The van der Waals surface area contributed by atoms with Crippen molar-refractivity contribution in [3.63, 3.8) is 0 Å². The van der Waals surface area contributed by atoms with E-state index in [1.54, 1.807) is 18.2 Å². The number of amides is 2. The second-order valence-electron chi connectivity index (χ2n) is 5.92. The maximum Gasteiger partial charge on any atom is 0.337 e. The number of carbonyl (C=O) groups is 3. The molecule has 3 N–H and O–H groups in total. The summed E-state index contributed by atoms with van der Waals surface area (Å²) in [5.74, 6) is -2.50. The quantitative estimate of drug-likeness (QED) is 0.629. The smallest absolute Gasteiger partial charge is 0.337 e. The van der Waals surface area contributed by atoms with Gasteiger partial charge in [-0.05, 0) is 36.8 Å². The van der Waals surface area contributed by atoms with Crippen molar-refractivity contribution < 1.29 is 27.5 Å². The zero-order chi connectivity index (χ0) is 20.7. The van der Waals surface area contributed by atoms with E-state index in [0.717, 1.165) is 0 Å². The highest BCUT2D eigenvalue weighted by Gasteiger charge is 2.23. The highest BCUT2D eigenvalue weighted by Crippen LogP contribution is 2.13. The molecular formula is C19H20N2O6S. The number of benzene rings is 2. The average Bonchev–Trinajstić information content (AvgIpc) is 2.70. The molecule has 0 saturated heterocycles. The SMILES string of the molecule is COC(=O)c1cccc(C(=O)N[C@@H](CCS(=O)(=O)c2ccccc2)C(N)=O)c1. The molecule has 0 saturated carbocycles. The maximum absolute atomic E-state index is 12.4. The number of rotatable bonds is 8. The lowest BCUT2D eigenvalue weighted by Crippen LogP contribution is -2.45. The predicted molar refractivity (Wildman–Crippen MR) is 101 cm³/mol. The van der Waals surface area contributed by atoms with Crippen LogP contribution in [0.25, 0.3) is 0 Å². The zero-order valence-electron chi connectivity index (χ0n) is 15.1. The fraction of sp³-hybridized carbons (Fsp3) is 0.211. The molecule has 0 aliphatic carbocycles. The van der Waals surface area contributed by atoms with Gasteiger partial charge in [0.2, 0.25) is 5.91 Å². The summed E-state index contributed by atoms with van der Waals surface area (Å²) in [7, 11) is -2.42. The lowest BCUT2D eigenvalue weighted by molar-refractivity contribution is -0.119. The molecule has 28 heavy (non-hydrogen) atoms. The molecule has 0 spiro atoms. The first-order chi connectivity index (χ1) is 13.2. The zero-order valence-corrected chi connectivity index (χ0v) is 15.9. The minimum Gasteiger partial charge on any atom is -0.465 e. The van der Waals surface area contributed by atoms with Crippen molar-refractivity contribution in [2.75, 3.05) is 12.9 Å². The van der Waals surface area contributed by atoms with Gasteiger partial charge in [-0.1, -0.05) is 24.3 Å². The van der Waals surface area contributed by atoms with Crippen LogP contribution in [-0.2, 0) is 19.4 Å². The molecule has 1 atom stereocenters. The third-order valence-electron chi connectivity index (χ3n) is 3.97. The topological polar surface area (TPSA) is 133 Å². The van der Waals surface area contributed by atoms with Gasteiger partial charge in [0.05, 0.1) is 23.3 Å². The van der Waals surface area contributed by atoms with Crippen molar-refractivity contribution in [1.82, 2.24) is 5.32 Å². The van der Waals surface area contributed by atoms with Crippen molar-refractivity contribution in [1.29, 1.82) is 0 Å². The molecule has 148 valence electrons. The number of primary amides is 1. The Morgan fingerprint density at radius 3 is 2.29 bits per heavy atom. The van der Waals surface area contributed by atoms with E-state index in [1.165, 1.54) is 43.5 Å². The van der Waals surface area contributed by atoms with Crippen molar-refractivity contribution >= 4 is 27.6 Å². The molecule has 0 unspecified atom stereocenters. The summed E-state index contributed by atoms with van der Waals surface area (Å²) in [6, 6.07) is 12.3. The molecule has 2 aromatic rings. The second kappa shape index (κ2) is 9.14. The van der Waals surface area contributed by atoms with Gasteiger partial charge in [-0.2, -0.15) is 0 Å². The van der Waals surface area contributed by atoms with Crippen LogP contribution in [0.1, 0.15) is 27.1 Å². The highest BCUT2D eigenvalue weighted by molar-refractivity contribution is 7.91. The molecular weight excluding hydrogens is 384 g/mol. The predicted octanol–water partition coefficient (Wildman–Crippen LogP) is 0.921. The van der Waals surface area contributed by atoms with E-state index in [2.05, 4.69) is 10.1 Å². The molecule has 0 radical (unpaired) electrons. The third-order valence-corrected chi connectivity index (χ3v) is 5.74. The number of methoxy groups -OCH3 is 1. The Kier molecular flexibility index (Phi) is 6.89. The van der Waals surface area contributed by atoms with Gasteiger partial charge in [0.1, 0.15) is 6.04 Å². The van der Waals surface area contributed by atoms with Crippen LogP contribution in [0.3, 0.4) is 0 Å². The molecule has 8 nitrogen and oxygen atoms in total. The molecule has 2 aromatic carbocycles. The van der Waals surface area contributed by atoms with E-state index < -0.39 is 33.7 Å². The van der Waals surface area contributed by atoms with Crippen molar-refractivity contribution in [3.8, 4) is 0 Å². The first-order valence-corrected chi connectivity index (χ1v) is 9.96. The normalized spacial score (nSPS) is 12.0. The second-order valence-corrected chi connectivity index (χ2v) is 8.03. The van der Waals surface area contributed by atoms with Gasteiger partial charge in [-0.3, -0.25) is 9.59 Å². The van der Waals surface area contributed by atoms with E-state index in [4.69, 9.17) is 5.73 Å². The molecule has 0 aromatic heterocycles. The number of hydrogen-bond donors (Lipinski definition) is 2. The van der Waals surface area contributed by atoms with Crippen LogP contribution in [0.4, 0.5) is 0 Å². The summed E-state index contributed by atoms with van der Waals surface area (Å²) in [4.78, 5) is 35.8. The van der Waals surface area contributed by atoms with Gasteiger partial charge in [-0.15, -0.1) is 0 Å². The summed E-state index contributed by atoms with van der Waals surface area (Å²) >= 11 is 0. The van der Waals surface area contributed by atoms with Gasteiger partial charge >= 0.3 is 5.97 Å². The van der Waals surface area contributed by atoms with Crippen LogP contribution in [0.5, 0.6) is 0 Å². The molecule has 0 aliphatic rings. The molecule has 0 aliphatic heterocycles. The summed E-state index contributed by atoms with van der Waals surface area (Å²) in [5, 5.41) is 2.41. The van der Waals surface area contributed by atoms with E-state index in [0.29, 0.717) is 0 Å². The average molecular weight is 404 g/mol. The standard InChI is InChI=1S/C19H20N2O6S/c1-27-19(24)14-7-5-6-13(12-14)18(23)21-16(17(20)22)10-11-28(25,26)15-8-3-2-4-9-15/h2-9,12,16H,10-11H2,1H3,(H2,20,22)(H,21,23)/t16-/m0/s1. The molecule has 2 amide bonds. The van der Waals surface area contributed by atoms with Gasteiger partial charge in [0.15, 0.2) is 9.84 Å². The number of hydrogen-bond acceptors (Lipinski definition) is 6. The van der Waals surface area contributed by atoms with Crippen LogP contribution in [0.15, 0.2) is 59.5 Å². The van der Waals surface area contributed by atoms with Crippen molar-refractivity contribution in [2.24, 2.45) is 5.73 Å². The molecule has 9 heteroatoms. The van der Waals surface area contributed by atoms with E-state index in [9.17, 15) is 22.8 Å². The van der Waals surface area contributed by atoms with Gasteiger partial charge in [-0.25, -0.2) is 13.2 Å². The first kappa shape index (κ1) is 21.1. The number of esters is 1. The highest BCUT2D eigenvalue weighted by atomic mass is 32.2. The Bertz CT molecular complexity index is 973. The van der Waals surface area contributed by atoms with E-state index in [-0.39, 0.29) is 28.2 Å². The third kappa shape index (κ3) is 5.40. The summed E-state index contributed by atoms with van der Waals surface area (Å²) in [6.07, 6.45) is -0.186. The lowest BCUT2D eigenvalue weighted by Gasteiger charge is -2.16. The summed E-state index contributed by atoms with van der Waals surface area (Å²) in [5.41, 5.74) is 5.58. The van der Waals surface area contributed by atoms with E-state index in [1.807, 2.05) is 0 Å². The largest absolute Gasteiger partial charge is 0.465 e. The molecule has 2 rings (SSSR count). The minimum atomic E-state index is -3.63. The summed E-state index contributed by atoms with van der Waals surface area (Å²) in [6.45, 7) is 0. The fourth-order valence-corrected chi connectivity index (χ4v) is 3.80. The summed E-state index contributed by atoms with van der Waals surface area (Å²) < 4.78 is 29.3. The van der Waals surface area contributed by atoms with E-state index >= 15 is 0 Å². The van der Waals surface area contributed by atoms with Gasteiger partial charge < -0.3 is 15.8 Å². The van der Waals surface area contributed by atoms with Gasteiger partial charge in [0.25, 0.3) is 5.91 Å². The number of ether oxygens (including phenoxy) is 1. The number of nitrogens with two attached hydrogens (primary N) is 1. The molecule has 0 heterocycles. The fourth-order valence-electron chi connectivity index (χ4n) is 2.45. The van der Waals surface area contributed by atoms with Crippen molar-refractivity contribution in [2.45, 2.75) is 17.4 Å². The Balaban J connectivity index is 2.10. The Hall–Kier alpha value is -3.20.